The minimum Gasteiger partial charge on any atom is -0.373 e. The summed E-state index contributed by atoms with van der Waals surface area (Å²) in [4.78, 5) is 13.6. The maximum Gasteiger partial charge on any atom is 0.236 e. The number of nitrogens with one attached hydrogen (secondary N) is 1. The molecule has 0 aliphatic carbocycles. The molecule has 2 rings (SSSR count). The van der Waals surface area contributed by atoms with Crippen molar-refractivity contribution >= 4 is 5.91 Å². The Morgan fingerprint density at radius 1 is 1.47 bits per heavy atom. The summed E-state index contributed by atoms with van der Waals surface area (Å²) < 4.78 is 5.87. The smallest absolute Gasteiger partial charge is 0.236 e. The van der Waals surface area contributed by atoms with E-state index in [4.69, 9.17) is 4.74 Å². The lowest BCUT2D eigenvalue weighted by Gasteiger charge is -2.33. The molecule has 2 heterocycles. The molecular weight excluding hydrogens is 192 g/mol. The van der Waals surface area contributed by atoms with Crippen molar-refractivity contribution < 1.29 is 9.53 Å². The summed E-state index contributed by atoms with van der Waals surface area (Å²) >= 11 is 0. The van der Waals surface area contributed by atoms with Crippen LogP contribution < -0.4 is 5.32 Å². The fourth-order valence-corrected chi connectivity index (χ4v) is 2.55. The summed E-state index contributed by atoms with van der Waals surface area (Å²) in [5.74, 6) is 0.198. The molecule has 0 aromatic rings. The van der Waals surface area contributed by atoms with Crippen molar-refractivity contribution in [1.82, 2.24) is 10.2 Å². The van der Waals surface area contributed by atoms with Crippen LogP contribution in [0.15, 0.2) is 0 Å². The molecule has 0 bridgehead atoms. The highest BCUT2D eigenvalue weighted by Crippen LogP contribution is 2.33. The second-order valence-corrected chi connectivity index (χ2v) is 4.58. The van der Waals surface area contributed by atoms with Crippen molar-refractivity contribution in [2.24, 2.45) is 0 Å². The third-order valence-corrected chi connectivity index (χ3v) is 3.43. The van der Waals surface area contributed by atoms with Gasteiger partial charge in [0, 0.05) is 19.7 Å². The molecule has 0 unspecified atom stereocenters. The molecule has 0 saturated carbocycles. The van der Waals surface area contributed by atoms with Crippen LogP contribution in [0.5, 0.6) is 0 Å². The monoisotopic (exact) mass is 212 g/mol. The van der Waals surface area contributed by atoms with Crippen LogP contribution in [-0.4, -0.2) is 49.7 Å². The number of amides is 1. The Balaban J connectivity index is 1.90. The average Bonchev–Trinajstić information content (AvgIpc) is 2.64. The zero-order chi connectivity index (χ0) is 10.7. The Labute approximate surface area is 91.0 Å². The van der Waals surface area contributed by atoms with Gasteiger partial charge in [-0.05, 0) is 32.7 Å². The number of carbonyl (C=O) groups is 1. The summed E-state index contributed by atoms with van der Waals surface area (Å²) in [5, 5.41) is 2.90. The first-order valence-corrected chi connectivity index (χ1v) is 5.82. The molecule has 1 N–H and O–H groups in total. The summed E-state index contributed by atoms with van der Waals surface area (Å²) in [6.45, 7) is 2.97. The molecule has 1 spiro atoms. The normalized spacial score (nSPS) is 31.1. The Morgan fingerprint density at radius 3 is 3.00 bits per heavy atom. The van der Waals surface area contributed by atoms with Gasteiger partial charge in [0.05, 0.1) is 12.1 Å². The third-order valence-electron chi connectivity index (χ3n) is 3.43. The van der Waals surface area contributed by atoms with E-state index in [1.54, 1.807) is 7.05 Å². The van der Waals surface area contributed by atoms with Gasteiger partial charge in [-0.15, -0.1) is 0 Å². The molecule has 0 aromatic heterocycles. The van der Waals surface area contributed by atoms with E-state index >= 15 is 0 Å². The lowest BCUT2D eigenvalue weighted by molar-refractivity contribution is -0.131. The van der Waals surface area contributed by atoms with Gasteiger partial charge >= 0.3 is 0 Å². The number of rotatable bonds is 2. The molecule has 0 radical (unpaired) electrons. The number of likely N-dealkylation sites (tertiary alicyclic amines) is 1. The van der Waals surface area contributed by atoms with Crippen LogP contribution in [0.4, 0.5) is 0 Å². The second kappa shape index (κ2) is 4.49. The Kier molecular flexibility index (Phi) is 3.26. The largest absolute Gasteiger partial charge is 0.373 e. The molecule has 86 valence electrons. The van der Waals surface area contributed by atoms with Crippen LogP contribution in [0.2, 0.25) is 0 Å². The van der Waals surface area contributed by atoms with E-state index < -0.39 is 0 Å². The maximum absolute atomic E-state index is 11.7. The van der Waals surface area contributed by atoms with Crippen molar-refractivity contribution in [3.8, 4) is 0 Å². The van der Waals surface area contributed by atoms with E-state index in [2.05, 4.69) is 5.32 Å². The molecule has 0 aromatic carbocycles. The summed E-state index contributed by atoms with van der Waals surface area (Å²) in [7, 11) is 1.81. The highest BCUT2D eigenvalue weighted by molar-refractivity contribution is 5.78. The predicted molar refractivity (Wildman–Crippen MR) is 57.7 cm³/mol. The van der Waals surface area contributed by atoms with Gasteiger partial charge in [0.25, 0.3) is 0 Å². The van der Waals surface area contributed by atoms with E-state index in [0.717, 1.165) is 32.5 Å². The molecule has 2 saturated heterocycles. The van der Waals surface area contributed by atoms with Gasteiger partial charge < -0.3 is 15.0 Å². The van der Waals surface area contributed by atoms with Gasteiger partial charge in [0.1, 0.15) is 0 Å². The zero-order valence-electron chi connectivity index (χ0n) is 9.42. The highest BCUT2D eigenvalue weighted by Gasteiger charge is 2.41. The summed E-state index contributed by atoms with van der Waals surface area (Å²) in [6, 6.07) is 0. The fourth-order valence-electron chi connectivity index (χ4n) is 2.55. The lowest BCUT2D eigenvalue weighted by atomic mass is 9.93. The van der Waals surface area contributed by atoms with Crippen molar-refractivity contribution in [2.75, 3.05) is 33.3 Å². The Morgan fingerprint density at radius 2 is 2.33 bits per heavy atom. The standard InChI is InChI=1S/C11H20N2O2/c1-12-8-10(14)13-6-5-11(9-13)4-2-3-7-15-11/h12H,2-9H2,1H3/t11-/m0/s1. The second-order valence-electron chi connectivity index (χ2n) is 4.58. The molecule has 4 heteroatoms. The van der Waals surface area contributed by atoms with E-state index in [1.807, 2.05) is 4.90 Å². The van der Waals surface area contributed by atoms with Crippen molar-refractivity contribution in [3.05, 3.63) is 0 Å². The Bertz CT molecular complexity index is 237. The first-order valence-electron chi connectivity index (χ1n) is 5.82. The molecule has 2 aliphatic heterocycles. The molecule has 1 amide bonds. The van der Waals surface area contributed by atoms with Crippen molar-refractivity contribution in [1.29, 1.82) is 0 Å². The van der Waals surface area contributed by atoms with Crippen LogP contribution in [0, 0.1) is 0 Å². The number of carbonyl (C=O) groups excluding carboxylic acids is 1. The number of ether oxygens (including phenoxy) is 1. The molecular formula is C11H20N2O2. The minimum atomic E-state index is 0.00164. The third kappa shape index (κ3) is 2.32. The Hall–Kier alpha value is -0.610. The summed E-state index contributed by atoms with van der Waals surface area (Å²) in [5.41, 5.74) is 0.00164. The van der Waals surface area contributed by atoms with Crippen molar-refractivity contribution in [2.45, 2.75) is 31.3 Å². The first kappa shape index (κ1) is 10.9. The van der Waals surface area contributed by atoms with Crippen molar-refractivity contribution in [3.63, 3.8) is 0 Å². The van der Waals surface area contributed by atoms with Crippen LogP contribution in [0.25, 0.3) is 0 Å². The van der Waals surface area contributed by atoms with E-state index in [0.29, 0.717) is 6.54 Å². The molecule has 15 heavy (non-hydrogen) atoms. The number of hydrogen-bond donors (Lipinski definition) is 1. The van der Waals surface area contributed by atoms with Crippen LogP contribution >= 0.6 is 0 Å². The SMILES string of the molecule is CNCC(=O)N1CC[C@@]2(CCCCO2)C1. The number of likely N-dealkylation sites (N-methyl/N-ethyl adjacent to an activating group) is 1. The van der Waals surface area contributed by atoms with Crippen LogP contribution in [-0.2, 0) is 9.53 Å². The van der Waals surface area contributed by atoms with Gasteiger partial charge in [-0.25, -0.2) is 0 Å². The average molecular weight is 212 g/mol. The van der Waals surface area contributed by atoms with Gasteiger partial charge in [0.2, 0.25) is 5.91 Å². The number of nitrogens with zero attached hydrogens (tertiary/aromatic N) is 1. The zero-order valence-corrected chi connectivity index (χ0v) is 9.42. The summed E-state index contributed by atoms with van der Waals surface area (Å²) in [6.07, 6.45) is 4.55. The molecule has 4 nitrogen and oxygen atoms in total. The molecule has 1 atom stereocenters. The van der Waals surface area contributed by atoms with E-state index in [-0.39, 0.29) is 11.5 Å². The lowest BCUT2D eigenvalue weighted by Crippen LogP contribution is -2.42. The van der Waals surface area contributed by atoms with Crippen LogP contribution in [0.1, 0.15) is 25.7 Å². The maximum atomic E-state index is 11.7. The topological polar surface area (TPSA) is 41.6 Å². The molecule has 2 fully saturated rings. The van der Waals surface area contributed by atoms with Gasteiger partial charge in [-0.3, -0.25) is 4.79 Å². The van der Waals surface area contributed by atoms with Gasteiger partial charge in [-0.2, -0.15) is 0 Å². The minimum absolute atomic E-state index is 0.00164. The van der Waals surface area contributed by atoms with E-state index in [9.17, 15) is 4.79 Å². The van der Waals surface area contributed by atoms with Gasteiger partial charge in [-0.1, -0.05) is 0 Å². The quantitative estimate of drug-likeness (QED) is 0.719. The molecule has 2 aliphatic rings. The highest BCUT2D eigenvalue weighted by atomic mass is 16.5. The first-order chi connectivity index (χ1) is 7.26. The van der Waals surface area contributed by atoms with E-state index in [1.165, 1.54) is 12.8 Å². The van der Waals surface area contributed by atoms with Crippen LogP contribution in [0.3, 0.4) is 0 Å². The van der Waals surface area contributed by atoms with Gasteiger partial charge in [0.15, 0.2) is 0 Å². The predicted octanol–water partition coefficient (Wildman–Crippen LogP) is 0.377. The number of hydrogen-bond acceptors (Lipinski definition) is 3. The fraction of sp³-hybridized carbons (Fsp3) is 0.909.